The molecule has 1 aliphatic heterocycles. The van der Waals surface area contributed by atoms with Crippen LogP contribution in [0.15, 0.2) is 30.7 Å². The van der Waals surface area contributed by atoms with Crippen LogP contribution in [0.3, 0.4) is 0 Å². The summed E-state index contributed by atoms with van der Waals surface area (Å²) in [6.07, 6.45) is 5.92. The average Bonchev–Trinajstić information content (AvgIpc) is 2.47. The molecule has 0 amide bonds. The summed E-state index contributed by atoms with van der Waals surface area (Å²) < 4.78 is 0. The van der Waals surface area contributed by atoms with Crippen molar-refractivity contribution in [3.63, 3.8) is 0 Å². The predicted molar refractivity (Wildman–Crippen MR) is 79.9 cm³/mol. The monoisotopic (exact) mass is 268 g/mol. The maximum Gasteiger partial charge on any atom is 0.132 e. The topological polar surface area (TPSA) is 41.9 Å². The quantitative estimate of drug-likeness (QED) is 0.840. The molecule has 0 atom stereocenters. The van der Waals surface area contributed by atoms with Gasteiger partial charge in [-0.15, -0.1) is 0 Å². The molecule has 0 radical (unpaired) electrons. The van der Waals surface area contributed by atoms with E-state index in [1.54, 1.807) is 6.33 Å². The van der Waals surface area contributed by atoms with E-state index in [-0.39, 0.29) is 0 Å². The first-order chi connectivity index (χ1) is 9.72. The Labute approximate surface area is 119 Å². The van der Waals surface area contributed by atoms with Gasteiger partial charge in [-0.1, -0.05) is 0 Å². The Balaban J connectivity index is 1.68. The van der Waals surface area contributed by atoms with Gasteiger partial charge in [-0.2, -0.15) is 0 Å². The third-order valence-electron chi connectivity index (χ3n) is 4.00. The van der Waals surface area contributed by atoms with Gasteiger partial charge in [-0.3, -0.25) is 4.98 Å². The molecular weight excluding hydrogens is 248 g/mol. The van der Waals surface area contributed by atoms with Crippen LogP contribution < -0.4 is 4.90 Å². The van der Waals surface area contributed by atoms with Gasteiger partial charge in [0.2, 0.25) is 0 Å². The van der Waals surface area contributed by atoms with Gasteiger partial charge in [0.25, 0.3) is 0 Å². The van der Waals surface area contributed by atoms with E-state index in [2.05, 4.69) is 45.0 Å². The highest BCUT2D eigenvalue weighted by Crippen LogP contribution is 2.29. The summed E-state index contributed by atoms with van der Waals surface area (Å²) in [7, 11) is 0. The third-order valence-corrected chi connectivity index (χ3v) is 4.00. The molecule has 0 spiro atoms. The molecule has 0 unspecified atom stereocenters. The fourth-order valence-electron chi connectivity index (χ4n) is 2.88. The van der Waals surface area contributed by atoms with E-state index in [0.717, 1.165) is 30.3 Å². The van der Waals surface area contributed by atoms with Crippen molar-refractivity contribution < 1.29 is 0 Å². The van der Waals surface area contributed by atoms with Gasteiger partial charge in [-0.05, 0) is 50.3 Å². The van der Waals surface area contributed by atoms with Crippen molar-refractivity contribution in [3.05, 3.63) is 47.7 Å². The highest BCUT2D eigenvalue weighted by Gasteiger charge is 2.21. The Bertz CT molecular complexity index is 535. The number of aryl methyl sites for hydroxylation is 2. The van der Waals surface area contributed by atoms with Crippen molar-refractivity contribution >= 4 is 5.82 Å². The van der Waals surface area contributed by atoms with Crippen LogP contribution in [0.1, 0.15) is 35.7 Å². The second-order valence-corrected chi connectivity index (χ2v) is 5.51. The zero-order chi connectivity index (χ0) is 13.9. The lowest BCUT2D eigenvalue weighted by molar-refractivity contribution is 0.502. The van der Waals surface area contributed by atoms with Crippen LogP contribution in [-0.2, 0) is 0 Å². The zero-order valence-corrected chi connectivity index (χ0v) is 12.1. The molecule has 4 nitrogen and oxygen atoms in total. The Morgan fingerprint density at radius 3 is 2.45 bits per heavy atom. The van der Waals surface area contributed by atoms with Crippen molar-refractivity contribution in [3.8, 4) is 0 Å². The molecule has 1 fully saturated rings. The summed E-state index contributed by atoms with van der Waals surface area (Å²) in [4.78, 5) is 15.2. The lowest BCUT2D eigenvalue weighted by Gasteiger charge is -2.33. The summed E-state index contributed by atoms with van der Waals surface area (Å²) in [6.45, 7) is 6.19. The van der Waals surface area contributed by atoms with Gasteiger partial charge < -0.3 is 4.90 Å². The molecule has 0 saturated carbocycles. The van der Waals surface area contributed by atoms with Crippen LogP contribution >= 0.6 is 0 Å². The molecule has 20 heavy (non-hydrogen) atoms. The van der Waals surface area contributed by atoms with E-state index >= 15 is 0 Å². The molecule has 3 rings (SSSR count). The fraction of sp³-hybridized carbons (Fsp3) is 0.438. The van der Waals surface area contributed by atoms with E-state index in [1.807, 2.05) is 13.1 Å². The van der Waals surface area contributed by atoms with Crippen molar-refractivity contribution in [1.29, 1.82) is 0 Å². The largest absolute Gasteiger partial charge is 0.356 e. The third kappa shape index (κ3) is 2.79. The smallest absolute Gasteiger partial charge is 0.132 e. The number of hydrogen-bond donors (Lipinski definition) is 0. The van der Waals surface area contributed by atoms with Gasteiger partial charge in [0.1, 0.15) is 12.1 Å². The maximum absolute atomic E-state index is 4.38. The molecule has 0 aliphatic carbocycles. The highest BCUT2D eigenvalue weighted by molar-refractivity contribution is 5.39. The molecular formula is C16H20N4. The molecule has 4 heteroatoms. The van der Waals surface area contributed by atoms with E-state index in [9.17, 15) is 0 Å². The van der Waals surface area contributed by atoms with Crippen molar-refractivity contribution in [2.75, 3.05) is 18.0 Å². The van der Waals surface area contributed by atoms with Crippen LogP contribution in [-0.4, -0.2) is 28.0 Å². The van der Waals surface area contributed by atoms with Crippen molar-refractivity contribution in [1.82, 2.24) is 15.0 Å². The average molecular weight is 268 g/mol. The van der Waals surface area contributed by atoms with E-state index < -0.39 is 0 Å². The predicted octanol–water partition coefficient (Wildman–Crippen LogP) is 2.87. The SMILES string of the molecule is Cc1cc(C2CCN(c3cc(C)ncn3)CC2)ccn1. The first kappa shape index (κ1) is 13.0. The van der Waals surface area contributed by atoms with E-state index in [0.29, 0.717) is 5.92 Å². The lowest BCUT2D eigenvalue weighted by Crippen LogP contribution is -2.33. The Morgan fingerprint density at radius 2 is 1.75 bits per heavy atom. The number of aromatic nitrogens is 3. The van der Waals surface area contributed by atoms with Crippen molar-refractivity contribution in [2.45, 2.75) is 32.6 Å². The molecule has 104 valence electrons. The van der Waals surface area contributed by atoms with Crippen LogP contribution in [0.5, 0.6) is 0 Å². The summed E-state index contributed by atoms with van der Waals surface area (Å²) in [5, 5.41) is 0. The van der Waals surface area contributed by atoms with Gasteiger partial charge in [0.15, 0.2) is 0 Å². The Kier molecular flexibility index (Phi) is 3.63. The number of pyridine rings is 1. The van der Waals surface area contributed by atoms with Crippen LogP contribution in [0.2, 0.25) is 0 Å². The van der Waals surface area contributed by atoms with Gasteiger partial charge in [0, 0.05) is 36.7 Å². The molecule has 0 N–H and O–H groups in total. The first-order valence-corrected chi connectivity index (χ1v) is 7.18. The Hall–Kier alpha value is -1.97. The summed E-state index contributed by atoms with van der Waals surface area (Å²) >= 11 is 0. The summed E-state index contributed by atoms with van der Waals surface area (Å²) in [5.41, 5.74) is 3.56. The molecule has 0 bridgehead atoms. The molecule has 0 aromatic carbocycles. The minimum absolute atomic E-state index is 0.649. The van der Waals surface area contributed by atoms with Crippen LogP contribution in [0, 0.1) is 13.8 Å². The minimum atomic E-state index is 0.649. The number of piperidine rings is 1. The fourth-order valence-corrected chi connectivity index (χ4v) is 2.88. The second kappa shape index (κ2) is 5.57. The zero-order valence-electron chi connectivity index (χ0n) is 12.1. The van der Waals surface area contributed by atoms with Gasteiger partial charge in [0.05, 0.1) is 0 Å². The Morgan fingerprint density at radius 1 is 1.00 bits per heavy atom. The number of hydrogen-bond acceptors (Lipinski definition) is 4. The van der Waals surface area contributed by atoms with Crippen LogP contribution in [0.4, 0.5) is 5.82 Å². The minimum Gasteiger partial charge on any atom is -0.356 e. The maximum atomic E-state index is 4.38. The second-order valence-electron chi connectivity index (χ2n) is 5.51. The summed E-state index contributed by atoms with van der Waals surface area (Å²) in [5.74, 6) is 1.71. The number of nitrogens with zero attached hydrogens (tertiary/aromatic N) is 4. The first-order valence-electron chi connectivity index (χ1n) is 7.18. The number of rotatable bonds is 2. The lowest BCUT2D eigenvalue weighted by atomic mass is 9.89. The highest BCUT2D eigenvalue weighted by atomic mass is 15.2. The number of anilines is 1. The van der Waals surface area contributed by atoms with Gasteiger partial charge >= 0.3 is 0 Å². The van der Waals surface area contributed by atoms with E-state index in [1.165, 1.54) is 18.4 Å². The standard InChI is InChI=1S/C16H20N4/c1-12-9-15(3-6-17-12)14-4-7-20(8-5-14)16-10-13(2)18-11-19-16/h3,6,9-11,14H,4-5,7-8H2,1-2H3. The normalized spacial score (nSPS) is 16.4. The molecule has 2 aromatic rings. The van der Waals surface area contributed by atoms with Crippen LogP contribution in [0.25, 0.3) is 0 Å². The van der Waals surface area contributed by atoms with Crippen molar-refractivity contribution in [2.24, 2.45) is 0 Å². The summed E-state index contributed by atoms with van der Waals surface area (Å²) in [6, 6.07) is 6.44. The molecule has 3 heterocycles. The van der Waals surface area contributed by atoms with E-state index in [4.69, 9.17) is 0 Å². The molecule has 1 aliphatic rings. The molecule has 1 saturated heterocycles. The molecule has 2 aromatic heterocycles. The van der Waals surface area contributed by atoms with Gasteiger partial charge in [-0.25, -0.2) is 9.97 Å².